The third-order valence-electron chi connectivity index (χ3n) is 7.83. The summed E-state index contributed by atoms with van der Waals surface area (Å²) in [6.45, 7) is 13.8. The van der Waals surface area contributed by atoms with Gasteiger partial charge in [-0.2, -0.15) is 0 Å². The molecule has 0 aromatic heterocycles. The van der Waals surface area contributed by atoms with E-state index >= 15 is 0 Å². The van der Waals surface area contributed by atoms with Gasteiger partial charge in [-0.15, -0.1) is 23.5 Å². The maximum Gasteiger partial charge on any atom is 0.0337 e. The van der Waals surface area contributed by atoms with E-state index in [2.05, 4.69) is 97.7 Å². The zero-order chi connectivity index (χ0) is 23.3. The second-order valence-electron chi connectivity index (χ2n) is 9.72. The SMILES string of the molecule is CC1=Cc2c(Br)c3c(cc2=C1CC1=c2cc4c(c(Br)c2C=C1C)=C(C)C(C)S4)SC(C)C=3C. The first-order valence-electron chi connectivity index (χ1n) is 11.5. The molecule has 2 aliphatic heterocycles. The molecule has 2 aromatic rings. The molecule has 2 aromatic carbocycles. The molecule has 0 bridgehead atoms. The number of benzene rings is 2. The van der Waals surface area contributed by atoms with Gasteiger partial charge in [0.1, 0.15) is 0 Å². The zero-order valence-electron chi connectivity index (χ0n) is 19.7. The number of hydrogen-bond acceptors (Lipinski definition) is 2. The second kappa shape index (κ2) is 7.78. The normalized spacial score (nSPS) is 22.5. The van der Waals surface area contributed by atoms with Crippen molar-refractivity contribution in [3.05, 3.63) is 64.2 Å². The van der Waals surface area contributed by atoms with Crippen LogP contribution in [0.4, 0.5) is 0 Å². The number of rotatable bonds is 2. The van der Waals surface area contributed by atoms with Gasteiger partial charge in [-0.1, -0.05) is 11.1 Å². The average Bonchev–Trinajstić information content (AvgIpc) is 3.43. The fraction of sp³-hybridized carbons (Fsp3) is 0.310. The number of hydrogen-bond donors (Lipinski definition) is 0. The number of fused-ring (bicyclic) bond motifs is 4. The monoisotopic (exact) mass is 596 g/mol. The van der Waals surface area contributed by atoms with Gasteiger partial charge in [0.15, 0.2) is 0 Å². The largest absolute Gasteiger partial charge is 0.118 e. The van der Waals surface area contributed by atoms with Gasteiger partial charge < -0.3 is 0 Å². The predicted molar refractivity (Wildman–Crippen MR) is 154 cm³/mol. The lowest BCUT2D eigenvalue weighted by Gasteiger charge is -2.10. The number of allylic oxidation sites excluding steroid dienone is 2. The molecule has 33 heavy (non-hydrogen) atoms. The van der Waals surface area contributed by atoms with E-state index < -0.39 is 0 Å². The summed E-state index contributed by atoms with van der Waals surface area (Å²) in [6, 6.07) is 4.92. The Morgan fingerprint density at radius 3 is 1.48 bits per heavy atom. The lowest BCUT2D eigenvalue weighted by atomic mass is 9.96. The molecule has 2 heterocycles. The molecular formula is C29H26Br2S2. The van der Waals surface area contributed by atoms with E-state index in [-0.39, 0.29) is 0 Å². The van der Waals surface area contributed by atoms with E-state index in [9.17, 15) is 0 Å². The summed E-state index contributed by atoms with van der Waals surface area (Å²) in [5.74, 6) is 0. The van der Waals surface area contributed by atoms with Gasteiger partial charge in [-0.3, -0.25) is 0 Å². The van der Waals surface area contributed by atoms with Gasteiger partial charge in [-0.05, 0) is 148 Å². The minimum absolute atomic E-state index is 0.549. The Balaban J connectivity index is 1.58. The molecule has 2 unspecified atom stereocenters. The van der Waals surface area contributed by atoms with E-state index in [1.807, 2.05) is 23.5 Å². The first-order valence-corrected chi connectivity index (χ1v) is 14.9. The summed E-state index contributed by atoms with van der Waals surface area (Å²) in [7, 11) is 0. The van der Waals surface area contributed by atoms with Gasteiger partial charge in [0.25, 0.3) is 0 Å². The highest BCUT2D eigenvalue weighted by molar-refractivity contribution is 9.10. The summed E-state index contributed by atoms with van der Waals surface area (Å²) < 4.78 is 2.56. The number of thioether (sulfide) groups is 2. The van der Waals surface area contributed by atoms with Crippen molar-refractivity contribution < 1.29 is 0 Å². The molecule has 2 aliphatic carbocycles. The third kappa shape index (κ3) is 3.16. The van der Waals surface area contributed by atoms with E-state index in [0.717, 1.165) is 6.42 Å². The molecule has 0 N–H and O–H groups in total. The maximum atomic E-state index is 3.99. The van der Waals surface area contributed by atoms with Crippen LogP contribution < -0.4 is 20.9 Å². The van der Waals surface area contributed by atoms with Gasteiger partial charge in [0.2, 0.25) is 0 Å². The lowest BCUT2D eigenvalue weighted by molar-refractivity contribution is 1.23. The molecule has 0 nitrogen and oxygen atoms in total. The Kier molecular flexibility index (Phi) is 5.31. The summed E-state index contributed by atoms with van der Waals surface area (Å²) in [6.07, 6.45) is 5.76. The molecule has 0 fully saturated rings. The highest BCUT2D eigenvalue weighted by atomic mass is 79.9. The Bertz CT molecular complexity index is 1500. The molecule has 0 spiro atoms. The fourth-order valence-corrected chi connectivity index (χ4v) is 10.1. The molecule has 4 heteroatoms. The van der Waals surface area contributed by atoms with Crippen LogP contribution in [0.3, 0.4) is 0 Å². The fourth-order valence-electron chi connectivity index (χ4n) is 5.63. The Hall–Kier alpha value is -0.940. The predicted octanol–water partition coefficient (Wildman–Crippen LogP) is 6.77. The minimum Gasteiger partial charge on any atom is -0.118 e. The van der Waals surface area contributed by atoms with Gasteiger partial charge >= 0.3 is 0 Å². The molecule has 6 rings (SSSR count). The van der Waals surface area contributed by atoms with E-state index in [0.29, 0.717) is 10.5 Å². The van der Waals surface area contributed by atoms with Crippen LogP contribution in [0, 0.1) is 0 Å². The molecule has 4 aliphatic rings. The molecule has 2 atom stereocenters. The van der Waals surface area contributed by atoms with Gasteiger partial charge in [-0.25, -0.2) is 0 Å². The van der Waals surface area contributed by atoms with Crippen molar-refractivity contribution in [2.24, 2.45) is 0 Å². The van der Waals surface area contributed by atoms with Crippen molar-refractivity contribution in [2.75, 3.05) is 0 Å². The Morgan fingerprint density at radius 2 is 1.09 bits per heavy atom. The standard InChI is InChI=1S/C29H26Br2S2/c1-12-7-22-20(10-24-26(28(22)30)14(3)16(5)32-24)18(12)9-19-13(2)8-23-21(19)11-25-27(29(23)31)15(4)17(6)33-25/h7-8,10-11,16-17H,9H2,1-6H3. The van der Waals surface area contributed by atoms with Crippen molar-refractivity contribution in [2.45, 2.75) is 68.3 Å². The zero-order valence-corrected chi connectivity index (χ0v) is 24.5. The lowest BCUT2D eigenvalue weighted by Crippen LogP contribution is -2.19. The van der Waals surface area contributed by atoms with Gasteiger partial charge in [0.05, 0.1) is 0 Å². The smallest absolute Gasteiger partial charge is 0.0337 e. The van der Waals surface area contributed by atoms with Crippen molar-refractivity contribution >= 4 is 89.8 Å². The molecule has 0 saturated carbocycles. The third-order valence-corrected chi connectivity index (χ3v) is 12.0. The first kappa shape index (κ1) is 22.5. The second-order valence-corrected chi connectivity index (χ2v) is 14.1. The summed E-state index contributed by atoms with van der Waals surface area (Å²) in [4.78, 5) is 2.85. The maximum absolute atomic E-state index is 3.99. The van der Waals surface area contributed by atoms with E-state index in [1.165, 1.54) is 84.2 Å². The van der Waals surface area contributed by atoms with Crippen LogP contribution in [0.5, 0.6) is 0 Å². The molecule has 0 amide bonds. The average molecular weight is 598 g/mol. The molecule has 0 saturated heterocycles. The van der Waals surface area contributed by atoms with Crippen LogP contribution in [-0.2, 0) is 0 Å². The van der Waals surface area contributed by atoms with Crippen molar-refractivity contribution in [3.8, 4) is 0 Å². The van der Waals surface area contributed by atoms with Crippen LogP contribution >= 0.6 is 55.4 Å². The van der Waals surface area contributed by atoms with Crippen LogP contribution in [0.2, 0.25) is 0 Å². The molecule has 168 valence electrons. The highest BCUT2D eigenvalue weighted by Crippen LogP contribution is 2.39. The minimum atomic E-state index is 0.549. The summed E-state index contributed by atoms with van der Waals surface area (Å²) in [5.41, 5.74) is 11.4. The molecular weight excluding hydrogens is 572 g/mol. The summed E-state index contributed by atoms with van der Waals surface area (Å²) >= 11 is 12.0. The number of halogens is 2. The Morgan fingerprint density at radius 1 is 0.697 bits per heavy atom. The summed E-state index contributed by atoms with van der Waals surface area (Å²) in [5, 5.41) is 6.76. The van der Waals surface area contributed by atoms with Crippen molar-refractivity contribution in [3.63, 3.8) is 0 Å². The topological polar surface area (TPSA) is 0 Å². The van der Waals surface area contributed by atoms with Crippen molar-refractivity contribution in [1.82, 2.24) is 0 Å². The highest BCUT2D eigenvalue weighted by Gasteiger charge is 2.27. The van der Waals surface area contributed by atoms with Crippen molar-refractivity contribution in [1.29, 1.82) is 0 Å². The van der Waals surface area contributed by atoms with Gasteiger partial charge in [0, 0.05) is 39.7 Å². The van der Waals surface area contributed by atoms with Crippen LogP contribution in [-0.4, -0.2) is 10.5 Å². The van der Waals surface area contributed by atoms with E-state index in [1.54, 1.807) is 0 Å². The van der Waals surface area contributed by atoms with Crippen LogP contribution in [0.1, 0.15) is 59.1 Å². The van der Waals surface area contributed by atoms with Crippen LogP contribution in [0.25, 0.3) is 34.4 Å². The van der Waals surface area contributed by atoms with E-state index in [4.69, 9.17) is 0 Å². The Labute approximate surface area is 221 Å². The van der Waals surface area contributed by atoms with Crippen LogP contribution in [0.15, 0.2) is 42.0 Å². The quantitative estimate of drug-likeness (QED) is 0.375. The molecule has 0 radical (unpaired) electrons. The first-order chi connectivity index (χ1) is 15.7.